The van der Waals surface area contributed by atoms with Gasteiger partial charge in [0.2, 0.25) is 0 Å². The summed E-state index contributed by atoms with van der Waals surface area (Å²) in [7, 11) is 0. The lowest BCUT2D eigenvalue weighted by atomic mass is 10.1. The maximum Gasteiger partial charge on any atom is 0.296 e. The Morgan fingerprint density at radius 3 is 2.61 bits per heavy atom. The Balaban J connectivity index is 2.96. The van der Waals surface area contributed by atoms with Crippen LogP contribution >= 0.6 is 0 Å². The molecule has 0 aliphatic heterocycles. The standard InChI is InChI=1S/C12H15N3O3/c1-3-9(12(16)4-2)13-14-10-7-5-6-8-11(10)15(17)18/h5-9H,3-4H2,1-2H3. The molecule has 1 rings (SSSR count). The van der Waals surface area contributed by atoms with Crippen LogP contribution in [0, 0.1) is 10.1 Å². The monoisotopic (exact) mass is 249 g/mol. The van der Waals surface area contributed by atoms with E-state index < -0.39 is 11.0 Å². The van der Waals surface area contributed by atoms with Gasteiger partial charge in [-0.3, -0.25) is 14.9 Å². The van der Waals surface area contributed by atoms with E-state index in [1.807, 2.05) is 6.92 Å². The first-order valence-electron chi connectivity index (χ1n) is 5.77. The van der Waals surface area contributed by atoms with Crippen molar-refractivity contribution < 1.29 is 9.72 Å². The van der Waals surface area contributed by atoms with Crippen LogP contribution in [0.25, 0.3) is 0 Å². The highest BCUT2D eigenvalue weighted by Crippen LogP contribution is 2.27. The van der Waals surface area contributed by atoms with Crippen LogP contribution in [0.2, 0.25) is 0 Å². The van der Waals surface area contributed by atoms with Crippen molar-refractivity contribution in [3.8, 4) is 0 Å². The Bertz CT molecular complexity index is 471. The van der Waals surface area contributed by atoms with Gasteiger partial charge in [0.1, 0.15) is 6.04 Å². The number of carbonyl (C=O) groups is 1. The van der Waals surface area contributed by atoms with E-state index in [2.05, 4.69) is 10.2 Å². The SMILES string of the molecule is CCC(=O)C(CC)N=Nc1ccccc1[N+](=O)[O-]. The lowest BCUT2D eigenvalue weighted by Crippen LogP contribution is -2.15. The third-order valence-electron chi connectivity index (χ3n) is 2.49. The first-order chi connectivity index (χ1) is 8.60. The van der Waals surface area contributed by atoms with E-state index in [-0.39, 0.29) is 17.2 Å². The molecule has 0 aliphatic rings. The summed E-state index contributed by atoms with van der Waals surface area (Å²) < 4.78 is 0. The summed E-state index contributed by atoms with van der Waals surface area (Å²) in [5.74, 6) is -0.0140. The van der Waals surface area contributed by atoms with Gasteiger partial charge < -0.3 is 0 Å². The number of Topliss-reactive ketones (excluding diaryl/α,β-unsaturated/α-hetero) is 1. The van der Waals surface area contributed by atoms with Gasteiger partial charge in [-0.1, -0.05) is 26.0 Å². The number of carbonyl (C=O) groups excluding carboxylic acids is 1. The molecule has 18 heavy (non-hydrogen) atoms. The Labute approximate surface area is 105 Å². The van der Waals surface area contributed by atoms with Crippen LogP contribution < -0.4 is 0 Å². The van der Waals surface area contributed by atoms with E-state index >= 15 is 0 Å². The lowest BCUT2D eigenvalue weighted by Gasteiger charge is -2.04. The second-order valence-electron chi connectivity index (χ2n) is 3.71. The molecule has 0 N–H and O–H groups in total. The van der Waals surface area contributed by atoms with Crippen molar-refractivity contribution in [3.63, 3.8) is 0 Å². The number of hydrogen-bond acceptors (Lipinski definition) is 5. The molecule has 0 amide bonds. The van der Waals surface area contributed by atoms with Gasteiger partial charge in [0.25, 0.3) is 5.69 Å². The molecule has 1 atom stereocenters. The van der Waals surface area contributed by atoms with Crippen LogP contribution in [0.5, 0.6) is 0 Å². The average Bonchev–Trinajstić information content (AvgIpc) is 2.39. The topological polar surface area (TPSA) is 84.9 Å². The van der Waals surface area contributed by atoms with Gasteiger partial charge >= 0.3 is 0 Å². The van der Waals surface area contributed by atoms with Crippen molar-refractivity contribution in [3.05, 3.63) is 34.4 Å². The molecule has 0 heterocycles. The number of azo groups is 1. The smallest absolute Gasteiger partial charge is 0.296 e. The van der Waals surface area contributed by atoms with Gasteiger partial charge in [-0.05, 0) is 12.5 Å². The first kappa shape index (κ1) is 14.0. The van der Waals surface area contributed by atoms with Gasteiger partial charge in [-0.2, -0.15) is 5.11 Å². The summed E-state index contributed by atoms with van der Waals surface area (Å²) in [6.45, 7) is 3.59. The van der Waals surface area contributed by atoms with Gasteiger partial charge in [0.15, 0.2) is 11.5 Å². The Morgan fingerprint density at radius 2 is 2.06 bits per heavy atom. The number of nitro groups is 1. The second-order valence-corrected chi connectivity index (χ2v) is 3.71. The van der Waals surface area contributed by atoms with Crippen LogP contribution in [0.1, 0.15) is 26.7 Å². The maximum atomic E-state index is 11.5. The molecule has 0 aliphatic carbocycles. The molecule has 1 aromatic carbocycles. The van der Waals surface area contributed by atoms with Crippen molar-refractivity contribution in [2.24, 2.45) is 10.2 Å². The third-order valence-corrected chi connectivity index (χ3v) is 2.49. The predicted molar refractivity (Wildman–Crippen MR) is 67.0 cm³/mol. The maximum absolute atomic E-state index is 11.5. The fourth-order valence-corrected chi connectivity index (χ4v) is 1.44. The number of hydrogen-bond donors (Lipinski definition) is 0. The third kappa shape index (κ3) is 3.44. The quantitative estimate of drug-likeness (QED) is 0.439. The molecular weight excluding hydrogens is 234 g/mol. The van der Waals surface area contributed by atoms with E-state index in [0.29, 0.717) is 12.8 Å². The fourth-order valence-electron chi connectivity index (χ4n) is 1.44. The highest BCUT2D eigenvalue weighted by molar-refractivity contribution is 5.83. The summed E-state index contributed by atoms with van der Waals surface area (Å²) in [6, 6.07) is 5.55. The number of nitro benzene ring substituents is 1. The van der Waals surface area contributed by atoms with E-state index in [1.165, 1.54) is 12.1 Å². The number of benzene rings is 1. The molecule has 0 radical (unpaired) electrons. The normalized spacial score (nSPS) is 12.6. The fraction of sp³-hybridized carbons (Fsp3) is 0.417. The molecule has 1 aromatic rings. The van der Waals surface area contributed by atoms with Crippen LogP contribution in [-0.2, 0) is 4.79 Å². The van der Waals surface area contributed by atoms with Crippen LogP contribution in [-0.4, -0.2) is 16.7 Å². The summed E-state index contributed by atoms with van der Waals surface area (Å²) in [6.07, 6.45) is 0.922. The number of para-hydroxylation sites is 1. The zero-order valence-corrected chi connectivity index (χ0v) is 10.4. The number of rotatable bonds is 6. The zero-order valence-electron chi connectivity index (χ0n) is 10.4. The highest BCUT2D eigenvalue weighted by atomic mass is 16.6. The first-order valence-corrected chi connectivity index (χ1v) is 5.77. The molecule has 0 bridgehead atoms. The van der Waals surface area contributed by atoms with Crippen molar-refractivity contribution in [1.29, 1.82) is 0 Å². The minimum Gasteiger partial charge on any atom is -0.297 e. The number of ketones is 1. The molecular formula is C12H15N3O3. The van der Waals surface area contributed by atoms with Crippen LogP contribution in [0.15, 0.2) is 34.5 Å². The second kappa shape index (κ2) is 6.58. The van der Waals surface area contributed by atoms with Crippen molar-refractivity contribution in [2.75, 3.05) is 0 Å². The van der Waals surface area contributed by atoms with Crippen molar-refractivity contribution in [2.45, 2.75) is 32.7 Å². The summed E-state index contributed by atoms with van der Waals surface area (Å²) in [5, 5.41) is 18.5. The van der Waals surface area contributed by atoms with E-state index in [0.717, 1.165) is 0 Å². The Hall–Kier alpha value is -2.11. The highest BCUT2D eigenvalue weighted by Gasteiger charge is 2.15. The Kier molecular flexibility index (Phi) is 5.10. The molecule has 0 fully saturated rings. The zero-order chi connectivity index (χ0) is 13.5. The summed E-state index contributed by atoms with van der Waals surface area (Å²) in [4.78, 5) is 21.7. The molecule has 1 unspecified atom stereocenters. The summed E-state index contributed by atoms with van der Waals surface area (Å²) >= 11 is 0. The minimum absolute atomic E-state index is 0.0140. The van der Waals surface area contributed by atoms with Gasteiger partial charge in [0.05, 0.1) is 4.92 Å². The molecule has 6 nitrogen and oxygen atoms in total. The Morgan fingerprint density at radius 1 is 1.39 bits per heavy atom. The summed E-state index contributed by atoms with van der Waals surface area (Å²) in [5.41, 5.74) is 0.0601. The van der Waals surface area contributed by atoms with Gasteiger partial charge in [-0.15, -0.1) is 5.11 Å². The number of nitrogens with zero attached hydrogens (tertiary/aromatic N) is 3. The van der Waals surface area contributed by atoms with Gasteiger partial charge in [-0.25, -0.2) is 0 Å². The molecule has 0 saturated heterocycles. The molecule has 0 aromatic heterocycles. The average molecular weight is 249 g/mol. The molecule has 6 heteroatoms. The van der Waals surface area contributed by atoms with Crippen LogP contribution in [0.4, 0.5) is 11.4 Å². The van der Waals surface area contributed by atoms with Crippen LogP contribution in [0.3, 0.4) is 0 Å². The predicted octanol–water partition coefficient (Wildman–Crippen LogP) is 3.44. The van der Waals surface area contributed by atoms with Gasteiger partial charge in [0, 0.05) is 12.5 Å². The van der Waals surface area contributed by atoms with Crippen molar-refractivity contribution >= 4 is 17.2 Å². The van der Waals surface area contributed by atoms with E-state index in [9.17, 15) is 14.9 Å². The minimum atomic E-state index is -0.519. The largest absolute Gasteiger partial charge is 0.297 e. The molecule has 0 spiro atoms. The van der Waals surface area contributed by atoms with E-state index in [1.54, 1.807) is 19.1 Å². The van der Waals surface area contributed by atoms with E-state index in [4.69, 9.17) is 0 Å². The lowest BCUT2D eigenvalue weighted by molar-refractivity contribution is -0.384. The van der Waals surface area contributed by atoms with Crippen molar-refractivity contribution in [1.82, 2.24) is 0 Å². The molecule has 0 saturated carbocycles. The molecule has 96 valence electrons.